The minimum atomic E-state index is -1.15. The van der Waals surface area contributed by atoms with Crippen molar-refractivity contribution in [2.75, 3.05) is 7.11 Å². The predicted molar refractivity (Wildman–Crippen MR) is 67.7 cm³/mol. The summed E-state index contributed by atoms with van der Waals surface area (Å²) in [6.45, 7) is 3.05. The zero-order valence-corrected chi connectivity index (χ0v) is 11.8. The number of benzene rings is 1. The van der Waals surface area contributed by atoms with Gasteiger partial charge in [-0.2, -0.15) is 0 Å². The highest BCUT2D eigenvalue weighted by molar-refractivity contribution is 9.10. The van der Waals surface area contributed by atoms with Gasteiger partial charge in [-0.25, -0.2) is 9.18 Å². The Balaban J connectivity index is 2.89. The van der Waals surface area contributed by atoms with Crippen molar-refractivity contribution in [1.82, 2.24) is 5.32 Å². The Morgan fingerprint density at radius 1 is 1.39 bits per heavy atom. The number of hydrogen-bond donors (Lipinski definition) is 1. The molecule has 0 aromatic heterocycles. The Kier molecular flexibility index (Phi) is 4.45. The molecule has 1 amide bonds. The lowest BCUT2D eigenvalue weighted by atomic mass is 10.1. The topological polar surface area (TPSA) is 55.4 Å². The number of methoxy groups -OCH3 is 1. The van der Waals surface area contributed by atoms with E-state index in [-0.39, 0.29) is 10.0 Å². The second-order valence-corrected chi connectivity index (χ2v) is 5.05. The van der Waals surface area contributed by atoms with Gasteiger partial charge in [-0.3, -0.25) is 4.79 Å². The van der Waals surface area contributed by atoms with Gasteiger partial charge in [0.2, 0.25) is 0 Å². The molecule has 0 aliphatic heterocycles. The van der Waals surface area contributed by atoms with E-state index in [0.717, 1.165) is 0 Å². The van der Waals surface area contributed by atoms with Gasteiger partial charge >= 0.3 is 5.97 Å². The highest BCUT2D eigenvalue weighted by Crippen LogP contribution is 2.17. The molecule has 0 saturated carbocycles. The van der Waals surface area contributed by atoms with E-state index < -0.39 is 23.2 Å². The molecule has 1 aromatic carbocycles. The number of nitrogens with one attached hydrogen (secondary N) is 1. The number of halogens is 2. The lowest BCUT2D eigenvalue weighted by Gasteiger charge is -2.23. The molecule has 0 aliphatic rings. The Bertz CT molecular complexity index is 488. The minimum absolute atomic E-state index is 0.186. The van der Waals surface area contributed by atoms with Crippen LogP contribution in [0.4, 0.5) is 4.39 Å². The maximum absolute atomic E-state index is 13.0. The Hall–Kier alpha value is -1.43. The fraction of sp³-hybridized carbons (Fsp3) is 0.333. The smallest absolute Gasteiger partial charge is 0.330 e. The van der Waals surface area contributed by atoms with E-state index >= 15 is 0 Å². The fourth-order valence-electron chi connectivity index (χ4n) is 1.30. The number of esters is 1. The quantitative estimate of drug-likeness (QED) is 0.870. The maximum Gasteiger partial charge on any atom is 0.330 e. The molecule has 1 rings (SSSR count). The molecule has 0 saturated heterocycles. The van der Waals surface area contributed by atoms with Crippen molar-refractivity contribution in [1.29, 1.82) is 0 Å². The normalized spacial score (nSPS) is 10.9. The summed E-state index contributed by atoms with van der Waals surface area (Å²) >= 11 is 2.99. The monoisotopic (exact) mass is 317 g/mol. The third-order valence-corrected chi connectivity index (χ3v) is 2.91. The molecule has 18 heavy (non-hydrogen) atoms. The summed E-state index contributed by atoms with van der Waals surface area (Å²) < 4.78 is 17.8. The molecule has 0 fully saturated rings. The number of rotatable bonds is 3. The van der Waals surface area contributed by atoms with Gasteiger partial charge in [0, 0.05) is 5.56 Å². The summed E-state index contributed by atoms with van der Waals surface area (Å²) in [5.74, 6) is -1.50. The lowest BCUT2D eigenvalue weighted by molar-refractivity contribution is -0.146. The van der Waals surface area contributed by atoms with Gasteiger partial charge in [-0.1, -0.05) is 0 Å². The first-order valence-corrected chi connectivity index (χ1v) is 5.93. The van der Waals surface area contributed by atoms with Crippen LogP contribution in [-0.2, 0) is 9.53 Å². The lowest BCUT2D eigenvalue weighted by Crippen LogP contribution is -2.50. The molecule has 0 heterocycles. The minimum Gasteiger partial charge on any atom is -0.467 e. The number of ether oxygens (including phenoxy) is 1. The summed E-state index contributed by atoms with van der Waals surface area (Å²) in [6.07, 6.45) is 0. The molecule has 1 aromatic rings. The second kappa shape index (κ2) is 5.48. The highest BCUT2D eigenvalue weighted by atomic mass is 79.9. The Morgan fingerprint density at radius 2 is 2.00 bits per heavy atom. The van der Waals surface area contributed by atoms with Crippen LogP contribution in [0.2, 0.25) is 0 Å². The molecule has 0 aliphatic carbocycles. The first kappa shape index (κ1) is 14.6. The number of carbonyl (C=O) groups is 2. The third-order valence-electron chi connectivity index (χ3n) is 2.30. The maximum atomic E-state index is 13.0. The van der Waals surface area contributed by atoms with Gasteiger partial charge in [-0.05, 0) is 48.0 Å². The van der Waals surface area contributed by atoms with E-state index in [0.29, 0.717) is 0 Å². The van der Waals surface area contributed by atoms with E-state index in [1.807, 2.05) is 0 Å². The van der Waals surface area contributed by atoms with E-state index in [4.69, 9.17) is 0 Å². The summed E-state index contributed by atoms with van der Waals surface area (Å²) in [7, 11) is 1.24. The van der Waals surface area contributed by atoms with Gasteiger partial charge in [0.05, 0.1) is 11.6 Å². The zero-order valence-electron chi connectivity index (χ0n) is 10.2. The van der Waals surface area contributed by atoms with Crippen LogP contribution < -0.4 is 5.32 Å². The molecule has 6 heteroatoms. The van der Waals surface area contributed by atoms with Crippen molar-refractivity contribution < 1.29 is 18.7 Å². The van der Waals surface area contributed by atoms with Crippen LogP contribution in [0.5, 0.6) is 0 Å². The molecule has 1 N–H and O–H groups in total. The number of carbonyl (C=O) groups excluding carboxylic acids is 2. The Labute approximate surface area is 113 Å². The van der Waals surface area contributed by atoms with Gasteiger partial charge in [0.15, 0.2) is 0 Å². The van der Waals surface area contributed by atoms with Crippen molar-refractivity contribution in [3.05, 3.63) is 34.1 Å². The molecular formula is C12H13BrFNO3. The number of hydrogen-bond acceptors (Lipinski definition) is 3. The van der Waals surface area contributed by atoms with Crippen LogP contribution in [0.1, 0.15) is 24.2 Å². The van der Waals surface area contributed by atoms with Crippen molar-refractivity contribution >= 4 is 27.8 Å². The standard InChI is InChI=1S/C12H13BrFNO3/c1-12(2,11(17)18-3)15-10(16)7-4-5-9(14)8(13)6-7/h4-6H,1-3H3,(H,15,16). The van der Waals surface area contributed by atoms with E-state index in [9.17, 15) is 14.0 Å². The van der Waals surface area contributed by atoms with Crippen LogP contribution in [0.3, 0.4) is 0 Å². The van der Waals surface area contributed by atoms with Gasteiger partial charge in [0.25, 0.3) is 5.91 Å². The first-order chi connectivity index (χ1) is 8.27. The first-order valence-electron chi connectivity index (χ1n) is 5.14. The summed E-state index contributed by atoms with van der Waals surface area (Å²) in [5.41, 5.74) is -0.896. The van der Waals surface area contributed by atoms with Crippen molar-refractivity contribution in [2.45, 2.75) is 19.4 Å². The van der Waals surface area contributed by atoms with Crippen molar-refractivity contribution in [3.8, 4) is 0 Å². The van der Waals surface area contributed by atoms with Crippen LogP contribution in [0.25, 0.3) is 0 Å². The predicted octanol–water partition coefficient (Wildman–Crippen LogP) is 2.27. The average molecular weight is 318 g/mol. The molecule has 0 radical (unpaired) electrons. The van der Waals surface area contributed by atoms with E-state index in [2.05, 4.69) is 26.0 Å². The number of amides is 1. The third kappa shape index (κ3) is 3.29. The molecule has 0 bridgehead atoms. The summed E-state index contributed by atoms with van der Waals surface area (Å²) in [4.78, 5) is 23.3. The van der Waals surface area contributed by atoms with Gasteiger partial charge in [-0.15, -0.1) is 0 Å². The molecule has 0 spiro atoms. The van der Waals surface area contributed by atoms with Crippen molar-refractivity contribution in [2.24, 2.45) is 0 Å². The molecule has 0 atom stereocenters. The zero-order chi connectivity index (χ0) is 13.9. The molecular weight excluding hydrogens is 305 g/mol. The molecule has 4 nitrogen and oxygen atoms in total. The van der Waals surface area contributed by atoms with Crippen LogP contribution in [-0.4, -0.2) is 24.5 Å². The van der Waals surface area contributed by atoms with Crippen molar-refractivity contribution in [3.63, 3.8) is 0 Å². The molecule has 0 unspecified atom stereocenters. The summed E-state index contributed by atoms with van der Waals surface area (Å²) in [6, 6.07) is 3.85. The van der Waals surface area contributed by atoms with Gasteiger partial charge in [0.1, 0.15) is 11.4 Å². The van der Waals surface area contributed by atoms with Crippen LogP contribution in [0.15, 0.2) is 22.7 Å². The summed E-state index contributed by atoms with van der Waals surface area (Å²) in [5, 5.41) is 2.51. The second-order valence-electron chi connectivity index (χ2n) is 4.20. The fourth-order valence-corrected chi connectivity index (χ4v) is 1.68. The van der Waals surface area contributed by atoms with Crippen LogP contribution in [0, 0.1) is 5.82 Å². The Morgan fingerprint density at radius 3 is 2.50 bits per heavy atom. The highest BCUT2D eigenvalue weighted by Gasteiger charge is 2.30. The molecule has 98 valence electrons. The van der Waals surface area contributed by atoms with E-state index in [1.54, 1.807) is 0 Å². The van der Waals surface area contributed by atoms with E-state index in [1.165, 1.54) is 39.2 Å². The van der Waals surface area contributed by atoms with Gasteiger partial charge < -0.3 is 10.1 Å². The van der Waals surface area contributed by atoms with Crippen LogP contribution >= 0.6 is 15.9 Å². The SMILES string of the molecule is COC(=O)C(C)(C)NC(=O)c1ccc(F)c(Br)c1. The largest absolute Gasteiger partial charge is 0.467 e. The average Bonchev–Trinajstić information content (AvgIpc) is 2.30.